The second kappa shape index (κ2) is 6.44. The lowest BCUT2D eigenvalue weighted by Crippen LogP contribution is -2.40. The second-order valence-electron chi connectivity index (χ2n) is 6.21. The van der Waals surface area contributed by atoms with Crippen molar-refractivity contribution in [3.8, 4) is 0 Å². The molecule has 3 heterocycles. The molecule has 0 aliphatic carbocycles. The molecule has 2 fully saturated rings. The van der Waals surface area contributed by atoms with Gasteiger partial charge in [-0.1, -0.05) is 0 Å². The highest BCUT2D eigenvalue weighted by Gasteiger charge is 2.29. The minimum Gasteiger partial charge on any atom is -0.378 e. The van der Waals surface area contributed by atoms with Gasteiger partial charge in [-0.2, -0.15) is 0 Å². The molecule has 1 aromatic heterocycles. The SMILES string of the molecule is Cc1nc([C@H]2CCCN(C(=O)C[C@H]3CCCO3)C2)sc1C. The minimum absolute atomic E-state index is 0.155. The number of amides is 1. The van der Waals surface area contributed by atoms with Gasteiger partial charge in [0.15, 0.2) is 0 Å². The molecule has 1 aromatic rings. The Balaban J connectivity index is 1.60. The number of rotatable bonds is 3. The van der Waals surface area contributed by atoms with Crippen molar-refractivity contribution in [3.05, 3.63) is 15.6 Å². The summed E-state index contributed by atoms with van der Waals surface area (Å²) in [4.78, 5) is 20.4. The van der Waals surface area contributed by atoms with Crippen LogP contribution < -0.4 is 0 Å². The van der Waals surface area contributed by atoms with Gasteiger partial charge in [-0.15, -0.1) is 11.3 Å². The fraction of sp³-hybridized carbons (Fsp3) is 0.750. The largest absolute Gasteiger partial charge is 0.378 e. The summed E-state index contributed by atoms with van der Waals surface area (Å²) in [6.07, 6.45) is 5.08. The topological polar surface area (TPSA) is 42.4 Å². The first-order valence-corrected chi connectivity index (χ1v) is 8.78. The predicted molar refractivity (Wildman–Crippen MR) is 83.7 cm³/mol. The molecule has 3 rings (SSSR count). The van der Waals surface area contributed by atoms with Crippen molar-refractivity contribution < 1.29 is 9.53 Å². The average Bonchev–Trinajstić information content (AvgIpc) is 3.10. The summed E-state index contributed by atoms with van der Waals surface area (Å²) < 4.78 is 5.59. The van der Waals surface area contributed by atoms with Crippen LogP contribution in [0.5, 0.6) is 0 Å². The van der Waals surface area contributed by atoms with Gasteiger partial charge in [0.1, 0.15) is 0 Å². The number of aryl methyl sites for hydroxylation is 2. The van der Waals surface area contributed by atoms with Gasteiger partial charge in [0.25, 0.3) is 0 Å². The van der Waals surface area contributed by atoms with Gasteiger partial charge in [-0.3, -0.25) is 4.79 Å². The second-order valence-corrected chi connectivity index (χ2v) is 7.45. The molecule has 21 heavy (non-hydrogen) atoms. The molecule has 5 heteroatoms. The van der Waals surface area contributed by atoms with Crippen LogP contribution in [0.2, 0.25) is 0 Å². The smallest absolute Gasteiger partial charge is 0.225 e. The van der Waals surface area contributed by atoms with Crippen LogP contribution in [-0.4, -0.2) is 41.6 Å². The van der Waals surface area contributed by atoms with E-state index < -0.39 is 0 Å². The summed E-state index contributed by atoms with van der Waals surface area (Å²) in [6.45, 7) is 6.74. The van der Waals surface area contributed by atoms with E-state index in [4.69, 9.17) is 4.74 Å². The molecule has 2 aliphatic rings. The van der Waals surface area contributed by atoms with Crippen molar-refractivity contribution in [1.29, 1.82) is 0 Å². The third-order valence-electron chi connectivity index (χ3n) is 4.59. The Morgan fingerprint density at radius 3 is 2.90 bits per heavy atom. The Hall–Kier alpha value is -0.940. The lowest BCUT2D eigenvalue weighted by Gasteiger charge is -2.32. The van der Waals surface area contributed by atoms with E-state index in [9.17, 15) is 4.79 Å². The third kappa shape index (κ3) is 3.46. The highest BCUT2D eigenvalue weighted by Crippen LogP contribution is 2.31. The Morgan fingerprint density at radius 1 is 1.38 bits per heavy atom. The number of likely N-dealkylation sites (tertiary alicyclic amines) is 1. The molecule has 2 saturated heterocycles. The van der Waals surface area contributed by atoms with Crippen LogP contribution in [0.3, 0.4) is 0 Å². The number of aromatic nitrogens is 1. The lowest BCUT2D eigenvalue weighted by atomic mass is 9.98. The number of hydrogen-bond acceptors (Lipinski definition) is 4. The number of piperidine rings is 1. The average molecular weight is 308 g/mol. The number of ether oxygens (including phenoxy) is 1. The van der Waals surface area contributed by atoms with Gasteiger partial charge in [0.2, 0.25) is 5.91 Å². The maximum atomic E-state index is 12.4. The van der Waals surface area contributed by atoms with Gasteiger partial charge in [0, 0.05) is 30.5 Å². The van der Waals surface area contributed by atoms with Gasteiger partial charge < -0.3 is 9.64 Å². The van der Waals surface area contributed by atoms with E-state index in [0.717, 1.165) is 51.1 Å². The molecule has 4 nitrogen and oxygen atoms in total. The van der Waals surface area contributed by atoms with Crippen LogP contribution in [0.15, 0.2) is 0 Å². The molecule has 1 amide bonds. The molecular formula is C16H24N2O2S. The first-order valence-electron chi connectivity index (χ1n) is 7.97. The number of thiazole rings is 1. The first-order chi connectivity index (χ1) is 10.1. The Bertz CT molecular complexity index is 489. The summed E-state index contributed by atoms with van der Waals surface area (Å²) in [7, 11) is 0. The van der Waals surface area contributed by atoms with Crippen molar-refractivity contribution in [2.24, 2.45) is 0 Å². The number of carbonyl (C=O) groups is 1. The number of nitrogens with zero attached hydrogens (tertiary/aromatic N) is 2. The molecule has 0 aromatic carbocycles. The monoisotopic (exact) mass is 308 g/mol. The quantitative estimate of drug-likeness (QED) is 0.862. The zero-order valence-electron chi connectivity index (χ0n) is 12.9. The Labute approximate surface area is 130 Å². The van der Waals surface area contributed by atoms with Crippen LogP contribution in [0, 0.1) is 13.8 Å². The van der Waals surface area contributed by atoms with Gasteiger partial charge in [-0.05, 0) is 39.5 Å². The van der Waals surface area contributed by atoms with Gasteiger partial charge in [-0.25, -0.2) is 4.98 Å². The summed E-state index contributed by atoms with van der Waals surface area (Å²) in [5.74, 6) is 0.682. The van der Waals surface area contributed by atoms with E-state index in [2.05, 4.69) is 18.8 Å². The van der Waals surface area contributed by atoms with E-state index in [-0.39, 0.29) is 12.0 Å². The van der Waals surface area contributed by atoms with Crippen LogP contribution in [0.4, 0.5) is 0 Å². The fourth-order valence-electron chi connectivity index (χ4n) is 3.21. The highest BCUT2D eigenvalue weighted by atomic mass is 32.1. The molecular weight excluding hydrogens is 284 g/mol. The van der Waals surface area contributed by atoms with Crippen molar-refractivity contribution in [2.75, 3.05) is 19.7 Å². The van der Waals surface area contributed by atoms with Gasteiger partial charge in [0.05, 0.1) is 23.2 Å². The zero-order chi connectivity index (χ0) is 14.8. The van der Waals surface area contributed by atoms with Crippen molar-refractivity contribution in [1.82, 2.24) is 9.88 Å². The van der Waals surface area contributed by atoms with E-state index >= 15 is 0 Å². The molecule has 116 valence electrons. The highest BCUT2D eigenvalue weighted by molar-refractivity contribution is 7.11. The number of carbonyl (C=O) groups excluding carboxylic acids is 1. The first kappa shape index (κ1) is 15.0. The minimum atomic E-state index is 0.155. The standard InChI is InChI=1S/C16H24N2O2S/c1-11-12(2)21-16(17-11)13-5-3-7-18(10-13)15(19)9-14-6-4-8-20-14/h13-14H,3-10H2,1-2H3/t13-,14+/m0/s1. The van der Waals surface area contributed by atoms with Crippen LogP contribution >= 0.6 is 11.3 Å². The van der Waals surface area contributed by atoms with Crippen molar-refractivity contribution in [2.45, 2.75) is 58.0 Å². The Morgan fingerprint density at radius 2 is 2.24 bits per heavy atom. The van der Waals surface area contributed by atoms with Crippen LogP contribution in [0.1, 0.15) is 53.6 Å². The molecule has 0 radical (unpaired) electrons. The van der Waals surface area contributed by atoms with Gasteiger partial charge >= 0.3 is 0 Å². The molecule has 0 bridgehead atoms. The molecule has 0 unspecified atom stereocenters. The zero-order valence-corrected chi connectivity index (χ0v) is 13.7. The lowest BCUT2D eigenvalue weighted by molar-refractivity contribution is -0.134. The summed E-state index contributed by atoms with van der Waals surface area (Å²) in [6, 6.07) is 0. The molecule has 0 N–H and O–H groups in total. The van der Waals surface area contributed by atoms with Crippen molar-refractivity contribution >= 4 is 17.2 Å². The van der Waals surface area contributed by atoms with E-state index in [1.807, 2.05) is 4.90 Å². The fourth-order valence-corrected chi connectivity index (χ4v) is 4.26. The summed E-state index contributed by atoms with van der Waals surface area (Å²) in [5, 5.41) is 1.21. The number of hydrogen-bond donors (Lipinski definition) is 0. The molecule has 0 saturated carbocycles. The van der Waals surface area contributed by atoms with Crippen LogP contribution in [0.25, 0.3) is 0 Å². The van der Waals surface area contributed by atoms with E-state index in [0.29, 0.717) is 12.3 Å². The predicted octanol–water partition coefficient (Wildman–Crippen LogP) is 3.04. The maximum Gasteiger partial charge on any atom is 0.225 e. The molecule has 2 aliphatic heterocycles. The van der Waals surface area contributed by atoms with E-state index in [1.165, 1.54) is 9.88 Å². The van der Waals surface area contributed by atoms with E-state index in [1.54, 1.807) is 11.3 Å². The summed E-state index contributed by atoms with van der Waals surface area (Å²) >= 11 is 1.79. The Kier molecular flexibility index (Phi) is 4.60. The normalized spacial score (nSPS) is 26.3. The summed E-state index contributed by atoms with van der Waals surface area (Å²) in [5.41, 5.74) is 1.14. The maximum absolute atomic E-state index is 12.4. The van der Waals surface area contributed by atoms with Crippen molar-refractivity contribution in [3.63, 3.8) is 0 Å². The molecule has 2 atom stereocenters. The molecule has 0 spiro atoms. The van der Waals surface area contributed by atoms with Crippen LogP contribution in [-0.2, 0) is 9.53 Å². The third-order valence-corrected chi connectivity index (χ3v) is 5.83.